The molecule has 4 rings (SSSR count). The van der Waals surface area contributed by atoms with Crippen molar-refractivity contribution in [2.45, 2.75) is 45.4 Å². The van der Waals surface area contributed by atoms with Gasteiger partial charge in [0.05, 0.1) is 27.4 Å². The lowest BCUT2D eigenvalue weighted by Gasteiger charge is -2.36. The van der Waals surface area contributed by atoms with Crippen LogP contribution in [-0.2, 0) is 19.1 Å². The number of hydrogen-bond acceptors (Lipinski definition) is 9. The molecule has 2 aromatic rings. The summed E-state index contributed by atoms with van der Waals surface area (Å²) in [4.78, 5) is 32.1. The van der Waals surface area contributed by atoms with Crippen LogP contribution in [-0.4, -0.2) is 63.2 Å². The molecule has 9 heteroatoms. The van der Waals surface area contributed by atoms with Gasteiger partial charge in [-0.3, -0.25) is 14.6 Å². The van der Waals surface area contributed by atoms with Crippen LogP contribution in [0.1, 0.15) is 56.6 Å². The number of carbonyl (C=O) groups excluding carboxylic acids is 2. The summed E-state index contributed by atoms with van der Waals surface area (Å²) < 4.78 is 27.4. The molecule has 0 bridgehead atoms. The molecule has 0 saturated heterocycles. The second-order valence-corrected chi connectivity index (χ2v) is 9.74. The maximum atomic E-state index is 13.9. The molecule has 0 fully saturated rings. The first-order valence-electron chi connectivity index (χ1n) is 13.6. The number of methoxy groups -OCH3 is 2. The first-order valence-corrected chi connectivity index (χ1v) is 13.6. The van der Waals surface area contributed by atoms with Crippen molar-refractivity contribution in [1.29, 1.82) is 0 Å². The molecule has 3 atom stereocenters. The second-order valence-electron chi connectivity index (χ2n) is 9.74. The molecule has 0 amide bonds. The number of ketones is 1. The number of Topliss-reactive ketones (excluding diaryl/α,β-unsaturated/α-hetero) is 1. The van der Waals surface area contributed by atoms with Gasteiger partial charge in [-0.25, -0.2) is 0 Å². The minimum Gasteiger partial charge on any atom is -0.504 e. The van der Waals surface area contributed by atoms with Gasteiger partial charge in [-0.2, -0.15) is 0 Å². The fraction of sp³-hybridized carbons (Fsp3) is 0.452. The molecule has 1 heterocycles. The third-order valence-electron chi connectivity index (χ3n) is 7.34. The van der Waals surface area contributed by atoms with Gasteiger partial charge in [0, 0.05) is 35.9 Å². The molecular weight excluding hydrogens is 514 g/mol. The van der Waals surface area contributed by atoms with E-state index in [2.05, 4.69) is 0 Å². The van der Waals surface area contributed by atoms with Crippen molar-refractivity contribution in [3.05, 3.63) is 58.8 Å². The van der Waals surface area contributed by atoms with E-state index in [1.165, 1.54) is 6.07 Å². The molecular formula is C31H37NO8. The number of carbonyl (C=O) groups is 2. The molecule has 0 aromatic heterocycles. The topological polar surface area (TPSA) is 113 Å². The van der Waals surface area contributed by atoms with Gasteiger partial charge in [0.2, 0.25) is 0 Å². The third-order valence-corrected chi connectivity index (χ3v) is 7.34. The number of hydrogen-bond donors (Lipinski definition) is 1. The van der Waals surface area contributed by atoms with Crippen LogP contribution in [0.25, 0.3) is 0 Å². The van der Waals surface area contributed by atoms with Crippen LogP contribution >= 0.6 is 0 Å². The second kappa shape index (κ2) is 13.0. The monoisotopic (exact) mass is 551 g/mol. The molecule has 1 aliphatic heterocycles. The maximum Gasteiger partial charge on any atom is 0.315 e. The smallest absolute Gasteiger partial charge is 0.315 e. The lowest BCUT2D eigenvalue weighted by molar-refractivity contribution is -0.148. The Morgan fingerprint density at radius 2 is 1.68 bits per heavy atom. The molecule has 0 spiro atoms. The Bertz CT molecular complexity index is 1310. The summed E-state index contributed by atoms with van der Waals surface area (Å²) in [5, 5.41) is 10.3. The molecule has 1 aliphatic carbocycles. The van der Waals surface area contributed by atoms with Gasteiger partial charge in [0.25, 0.3) is 0 Å². The van der Waals surface area contributed by atoms with Crippen LogP contribution in [0.3, 0.4) is 0 Å². The van der Waals surface area contributed by atoms with Gasteiger partial charge in [-0.15, -0.1) is 0 Å². The van der Waals surface area contributed by atoms with Crippen LogP contribution < -0.4 is 14.2 Å². The highest BCUT2D eigenvalue weighted by Gasteiger charge is 2.45. The van der Waals surface area contributed by atoms with E-state index in [1.54, 1.807) is 33.3 Å². The zero-order valence-corrected chi connectivity index (χ0v) is 23.7. The fourth-order valence-electron chi connectivity index (χ4n) is 5.50. The molecule has 9 nitrogen and oxygen atoms in total. The predicted octanol–water partition coefficient (Wildman–Crippen LogP) is 4.96. The van der Waals surface area contributed by atoms with E-state index in [-0.39, 0.29) is 42.8 Å². The van der Waals surface area contributed by atoms with E-state index in [0.717, 1.165) is 5.56 Å². The molecule has 2 aliphatic rings. The van der Waals surface area contributed by atoms with E-state index in [1.807, 2.05) is 32.0 Å². The molecule has 1 N–H and O–H groups in total. The molecule has 0 saturated carbocycles. The number of allylic oxidation sites excluding steroid dienone is 2. The number of rotatable bonds is 11. The number of aromatic hydroxyl groups is 1. The summed E-state index contributed by atoms with van der Waals surface area (Å²) in [6.07, 6.45) is 0.773. The number of phenols is 1. The molecule has 1 unspecified atom stereocenters. The number of nitrogens with zero attached hydrogens (tertiary/aromatic N) is 1. The Hall–Kier alpha value is -3.85. The average molecular weight is 552 g/mol. The zero-order valence-electron chi connectivity index (χ0n) is 23.7. The standard InChI is InChI=1S/C31H37NO8/c1-6-38-12-13-40-31(35)28-18(3)32-22-14-21(19-9-11-25(36-4)27(16-19)37-5)15-24(34)30(22)29(28)20-8-10-23(33)26(17-20)39-7-2/h8-11,16-17,21,28-29,33H,6-7,12-15H2,1-5H3/t21-,28?,29+/m0/s1. The highest BCUT2D eigenvalue weighted by atomic mass is 16.6. The summed E-state index contributed by atoms with van der Waals surface area (Å²) in [6, 6.07) is 10.6. The van der Waals surface area contributed by atoms with E-state index in [4.69, 9.17) is 28.7 Å². The SMILES string of the molecule is CCOCCOC(=O)C1C(C)=NC2=C(C(=O)C[C@@H](c3ccc(OC)c(OC)c3)C2)[C@@H]1c1ccc(O)c(OCC)c1. The molecule has 0 radical (unpaired) electrons. The Kier molecular flexibility index (Phi) is 9.47. The number of ether oxygens (including phenoxy) is 5. The van der Waals surface area contributed by atoms with E-state index in [9.17, 15) is 14.7 Å². The minimum atomic E-state index is -0.805. The van der Waals surface area contributed by atoms with Gasteiger partial charge < -0.3 is 28.8 Å². The Labute approximate surface area is 234 Å². The number of esters is 1. The maximum absolute atomic E-state index is 13.9. The van der Waals surface area contributed by atoms with E-state index < -0.39 is 17.8 Å². The summed E-state index contributed by atoms with van der Waals surface area (Å²) in [6.45, 7) is 6.73. The van der Waals surface area contributed by atoms with Gasteiger partial charge in [-0.1, -0.05) is 12.1 Å². The number of aliphatic imine (C=N–C) groups is 1. The predicted molar refractivity (Wildman–Crippen MR) is 150 cm³/mol. The van der Waals surface area contributed by atoms with Crippen LogP contribution in [0.4, 0.5) is 0 Å². The van der Waals surface area contributed by atoms with Crippen molar-refractivity contribution < 1.29 is 38.4 Å². The Balaban J connectivity index is 1.75. The summed E-state index contributed by atoms with van der Waals surface area (Å²) >= 11 is 0. The van der Waals surface area contributed by atoms with Crippen molar-refractivity contribution in [3.63, 3.8) is 0 Å². The molecule has 2 aromatic carbocycles. The zero-order chi connectivity index (χ0) is 28.8. The van der Waals surface area contributed by atoms with Gasteiger partial charge >= 0.3 is 5.97 Å². The van der Waals surface area contributed by atoms with E-state index in [0.29, 0.717) is 53.7 Å². The highest BCUT2D eigenvalue weighted by molar-refractivity contribution is 6.09. The fourth-order valence-corrected chi connectivity index (χ4v) is 5.50. The summed E-state index contributed by atoms with van der Waals surface area (Å²) in [5.41, 5.74) is 3.34. The lowest BCUT2D eigenvalue weighted by atomic mass is 9.69. The first kappa shape index (κ1) is 29.1. The molecule has 40 heavy (non-hydrogen) atoms. The normalized spacial score (nSPS) is 20.5. The summed E-state index contributed by atoms with van der Waals surface area (Å²) in [7, 11) is 3.16. The van der Waals surface area contributed by atoms with Crippen LogP contribution in [0.2, 0.25) is 0 Å². The highest BCUT2D eigenvalue weighted by Crippen LogP contribution is 2.48. The Morgan fingerprint density at radius 1 is 0.950 bits per heavy atom. The van der Waals surface area contributed by atoms with Gasteiger partial charge in [-0.05, 0) is 68.5 Å². The van der Waals surface area contributed by atoms with Crippen LogP contribution in [0.5, 0.6) is 23.0 Å². The van der Waals surface area contributed by atoms with Crippen molar-refractivity contribution in [3.8, 4) is 23.0 Å². The minimum absolute atomic E-state index is 0.0136. The average Bonchev–Trinajstić information content (AvgIpc) is 2.95. The van der Waals surface area contributed by atoms with Crippen molar-refractivity contribution in [1.82, 2.24) is 0 Å². The van der Waals surface area contributed by atoms with Crippen molar-refractivity contribution in [2.24, 2.45) is 10.9 Å². The Morgan fingerprint density at radius 3 is 2.38 bits per heavy atom. The van der Waals surface area contributed by atoms with E-state index >= 15 is 0 Å². The van der Waals surface area contributed by atoms with Gasteiger partial charge in [0.15, 0.2) is 28.8 Å². The van der Waals surface area contributed by atoms with Crippen molar-refractivity contribution in [2.75, 3.05) is 40.6 Å². The lowest BCUT2D eigenvalue weighted by Crippen LogP contribution is -2.38. The quantitative estimate of drug-likeness (QED) is 0.308. The first-order chi connectivity index (χ1) is 19.3. The summed E-state index contributed by atoms with van der Waals surface area (Å²) in [5.74, 6) is -0.626. The number of benzene rings is 2. The van der Waals surface area contributed by atoms with Crippen LogP contribution in [0, 0.1) is 5.92 Å². The number of phenolic OH excluding ortho intramolecular Hbond substituents is 1. The molecule has 214 valence electrons. The largest absolute Gasteiger partial charge is 0.504 e. The van der Waals surface area contributed by atoms with Gasteiger partial charge in [0.1, 0.15) is 12.5 Å². The van der Waals surface area contributed by atoms with Crippen LogP contribution in [0.15, 0.2) is 52.7 Å². The van der Waals surface area contributed by atoms with Crippen molar-refractivity contribution >= 4 is 17.5 Å². The third kappa shape index (κ3) is 5.99.